The molecule has 0 fully saturated rings. The number of hydrogen-bond acceptors (Lipinski definition) is 1. The molecule has 3 aromatic rings. The normalized spacial score (nSPS) is 10.7. The van der Waals surface area contributed by atoms with Gasteiger partial charge in [0.2, 0.25) is 0 Å². The minimum atomic E-state index is 0.459. The highest BCUT2D eigenvalue weighted by molar-refractivity contribution is 6.08. The zero-order valence-electron chi connectivity index (χ0n) is 16.2. The fourth-order valence-electron chi connectivity index (χ4n) is 3.11. The van der Waals surface area contributed by atoms with Gasteiger partial charge < -0.3 is 4.98 Å². The average Bonchev–Trinajstić information content (AvgIpc) is 3.24. The van der Waals surface area contributed by atoms with Crippen LogP contribution < -0.4 is 0 Å². The number of allylic oxidation sites excluding steroid dienone is 2. The van der Waals surface area contributed by atoms with Crippen LogP contribution in [0.4, 0.5) is 0 Å². The number of benzene rings is 2. The van der Waals surface area contributed by atoms with Crippen LogP contribution in [0.15, 0.2) is 79.4 Å². The molecule has 3 rings (SSSR count). The van der Waals surface area contributed by atoms with Gasteiger partial charge in [-0.25, -0.2) is 4.98 Å². The molecule has 0 saturated heterocycles. The Balaban J connectivity index is 0.000000417. The zero-order chi connectivity index (χ0) is 18.6. The molecule has 0 unspecified atom stereocenters. The van der Waals surface area contributed by atoms with Gasteiger partial charge >= 0.3 is 0 Å². The largest absolute Gasteiger partial charge is 0.351 e. The highest BCUT2D eigenvalue weighted by Crippen LogP contribution is 2.32. The summed E-state index contributed by atoms with van der Waals surface area (Å²) in [6.07, 6.45) is 13.2. The number of aryl methyl sites for hydroxylation is 2. The lowest BCUT2D eigenvalue weighted by atomic mass is 9.84. The molecule has 26 heavy (non-hydrogen) atoms. The predicted molar refractivity (Wildman–Crippen MR) is 115 cm³/mol. The van der Waals surface area contributed by atoms with Crippen LogP contribution >= 0.6 is 0 Å². The molecule has 0 aliphatic heterocycles. The van der Waals surface area contributed by atoms with Gasteiger partial charge in [-0.1, -0.05) is 67.0 Å². The molecular formula is C23H29BN2. The van der Waals surface area contributed by atoms with E-state index in [1.165, 1.54) is 35.0 Å². The minimum Gasteiger partial charge on any atom is -0.351 e. The van der Waals surface area contributed by atoms with Gasteiger partial charge in [0.05, 0.1) is 6.33 Å². The van der Waals surface area contributed by atoms with E-state index >= 15 is 0 Å². The molecule has 0 bridgehead atoms. The number of hydrogen-bond donors (Lipinski definition) is 1. The summed E-state index contributed by atoms with van der Waals surface area (Å²) in [5.41, 5.74) is 5.67. The Hall–Kier alpha value is -2.55. The predicted octanol–water partition coefficient (Wildman–Crippen LogP) is 5.23. The lowest BCUT2D eigenvalue weighted by Crippen LogP contribution is -2.04. The maximum atomic E-state index is 3.67. The van der Waals surface area contributed by atoms with Crippen LogP contribution in [-0.2, 0) is 0 Å². The number of rotatable bonds is 6. The number of aromatic amines is 1. The van der Waals surface area contributed by atoms with Crippen molar-refractivity contribution in [1.29, 1.82) is 0 Å². The first kappa shape index (κ1) is 19.8. The molecule has 0 saturated carbocycles. The van der Waals surface area contributed by atoms with Crippen molar-refractivity contribution in [3.8, 4) is 0 Å². The third-order valence-corrected chi connectivity index (χ3v) is 4.53. The Bertz CT molecular complexity index is 716. The van der Waals surface area contributed by atoms with E-state index in [-0.39, 0.29) is 0 Å². The summed E-state index contributed by atoms with van der Waals surface area (Å²) < 4.78 is 0. The average molecular weight is 344 g/mol. The summed E-state index contributed by atoms with van der Waals surface area (Å²) in [7, 11) is 2.23. The van der Waals surface area contributed by atoms with Crippen molar-refractivity contribution in [2.75, 3.05) is 0 Å². The maximum Gasteiger partial charge on any atom is 0.101 e. The van der Waals surface area contributed by atoms with Gasteiger partial charge in [-0.3, -0.25) is 0 Å². The Labute approximate surface area is 158 Å². The Morgan fingerprint density at radius 2 is 1.58 bits per heavy atom. The molecule has 1 heterocycles. The molecule has 3 heteroatoms. The van der Waals surface area contributed by atoms with Crippen molar-refractivity contribution in [2.45, 2.75) is 38.9 Å². The fraction of sp³-hybridized carbons (Fsp3) is 0.261. The maximum absolute atomic E-state index is 3.67. The van der Waals surface area contributed by atoms with Crippen LogP contribution in [0.25, 0.3) is 0 Å². The van der Waals surface area contributed by atoms with Gasteiger partial charge in [-0.05, 0) is 48.9 Å². The number of imidazole rings is 1. The van der Waals surface area contributed by atoms with Gasteiger partial charge in [0.1, 0.15) is 7.85 Å². The Morgan fingerprint density at radius 1 is 0.962 bits per heavy atom. The van der Waals surface area contributed by atoms with Crippen LogP contribution in [0.1, 0.15) is 41.0 Å². The second-order valence-corrected chi connectivity index (χ2v) is 6.52. The summed E-state index contributed by atoms with van der Waals surface area (Å²) in [4.78, 5) is 6.42. The third kappa shape index (κ3) is 6.07. The van der Waals surface area contributed by atoms with Crippen LogP contribution in [0.3, 0.4) is 0 Å². The van der Waals surface area contributed by atoms with E-state index < -0.39 is 0 Å². The lowest BCUT2D eigenvalue weighted by Gasteiger charge is -2.20. The van der Waals surface area contributed by atoms with Crippen molar-refractivity contribution >= 4 is 7.85 Å². The smallest absolute Gasteiger partial charge is 0.101 e. The van der Waals surface area contributed by atoms with Crippen molar-refractivity contribution < 1.29 is 0 Å². The van der Waals surface area contributed by atoms with Gasteiger partial charge in [0.15, 0.2) is 0 Å². The molecule has 0 aliphatic carbocycles. The molecular weight excluding hydrogens is 315 g/mol. The number of nitrogens with zero attached hydrogens (tertiary/aromatic N) is 1. The molecule has 134 valence electrons. The van der Waals surface area contributed by atoms with Crippen LogP contribution in [0.2, 0.25) is 6.32 Å². The Morgan fingerprint density at radius 3 is 2.00 bits per heavy atom. The molecule has 2 nitrogen and oxygen atoms in total. The highest BCUT2D eigenvalue weighted by atomic mass is 14.8. The minimum absolute atomic E-state index is 0.459. The van der Waals surface area contributed by atoms with E-state index in [4.69, 9.17) is 0 Å². The third-order valence-electron chi connectivity index (χ3n) is 4.53. The van der Waals surface area contributed by atoms with E-state index in [0.29, 0.717) is 5.92 Å². The topological polar surface area (TPSA) is 28.7 Å². The molecule has 0 spiro atoms. The van der Waals surface area contributed by atoms with Crippen molar-refractivity contribution in [1.82, 2.24) is 9.97 Å². The Kier molecular flexibility index (Phi) is 8.48. The summed E-state index contributed by atoms with van der Waals surface area (Å²) in [6.45, 7) is 4.44. The van der Waals surface area contributed by atoms with Gasteiger partial charge in [-0.2, -0.15) is 0 Å². The standard InChI is InChI=1S/C20H25B.C3H4N2/c1-16-10-5-7-12-18(16)20(14-4-3-9-15-21)19-13-8-6-11-17(19)2;1-2-5-3-4-1/h3-8,10-13,20H,9,14-15,21H2,1-2H3;1-3H,(H,4,5). The first-order valence-electron chi connectivity index (χ1n) is 9.42. The summed E-state index contributed by atoms with van der Waals surface area (Å²) in [5.74, 6) is 0.459. The molecule has 0 atom stereocenters. The monoisotopic (exact) mass is 344 g/mol. The van der Waals surface area contributed by atoms with Crippen molar-refractivity contribution in [3.63, 3.8) is 0 Å². The summed E-state index contributed by atoms with van der Waals surface area (Å²) >= 11 is 0. The van der Waals surface area contributed by atoms with Crippen LogP contribution in [-0.4, -0.2) is 17.8 Å². The lowest BCUT2D eigenvalue weighted by molar-refractivity contribution is 0.811. The van der Waals surface area contributed by atoms with Gasteiger partial charge in [-0.15, -0.1) is 0 Å². The molecule has 1 aromatic heterocycles. The van der Waals surface area contributed by atoms with Gasteiger partial charge in [0, 0.05) is 18.3 Å². The zero-order valence-corrected chi connectivity index (χ0v) is 16.2. The number of nitrogens with one attached hydrogen (secondary N) is 1. The molecule has 2 aromatic carbocycles. The number of aromatic nitrogens is 2. The first-order chi connectivity index (χ1) is 12.7. The molecule has 1 N–H and O–H groups in total. The second kappa shape index (κ2) is 11.1. The van der Waals surface area contributed by atoms with E-state index in [0.717, 1.165) is 6.42 Å². The van der Waals surface area contributed by atoms with Gasteiger partial charge in [0.25, 0.3) is 0 Å². The van der Waals surface area contributed by atoms with E-state index in [1.54, 1.807) is 18.7 Å². The van der Waals surface area contributed by atoms with Crippen molar-refractivity contribution in [3.05, 3.63) is 102 Å². The summed E-state index contributed by atoms with van der Waals surface area (Å²) in [5, 5.41) is 0. The summed E-state index contributed by atoms with van der Waals surface area (Å²) in [6, 6.07) is 17.6. The molecule has 0 amide bonds. The van der Waals surface area contributed by atoms with E-state index in [2.05, 4.69) is 92.3 Å². The van der Waals surface area contributed by atoms with E-state index in [1.807, 2.05) is 0 Å². The van der Waals surface area contributed by atoms with E-state index in [9.17, 15) is 0 Å². The van der Waals surface area contributed by atoms with Crippen LogP contribution in [0.5, 0.6) is 0 Å². The molecule has 0 radical (unpaired) electrons. The highest BCUT2D eigenvalue weighted by Gasteiger charge is 2.16. The first-order valence-corrected chi connectivity index (χ1v) is 9.42. The number of H-pyrrole nitrogens is 1. The molecule has 0 aliphatic rings. The van der Waals surface area contributed by atoms with Crippen LogP contribution in [0, 0.1) is 13.8 Å². The quantitative estimate of drug-likeness (QED) is 0.481. The second-order valence-electron chi connectivity index (χ2n) is 6.52. The SMILES string of the molecule is BCCC=CCC(c1ccccc1C)c1ccccc1C.c1c[nH]cn1. The van der Waals surface area contributed by atoms with Crippen molar-refractivity contribution in [2.24, 2.45) is 0 Å². The fourth-order valence-corrected chi connectivity index (χ4v) is 3.11.